The van der Waals surface area contributed by atoms with E-state index in [-0.39, 0.29) is 22.8 Å². The van der Waals surface area contributed by atoms with Crippen LogP contribution in [-0.4, -0.2) is 64.0 Å². The summed E-state index contributed by atoms with van der Waals surface area (Å²) < 4.78 is 54.4. The van der Waals surface area contributed by atoms with Crippen molar-refractivity contribution in [2.24, 2.45) is 0 Å². The van der Waals surface area contributed by atoms with Crippen LogP contribution in [0.25, 0.3) is 22.3 Å². The van der Waals surface area contributed by atoms with E-state index in [1.807, 2.05) is 0 Å². The summed E-state index contributed by atoms with van der Waals surface area (Å²) in [4.78, 5) is 17.2. The number of rotatable bonds is 7. The number of pyridine rings is 1. The van der Waals surface area contributed by atoms with Gasteiger partial charge < -0.3 is 15.2 Å². The number of halogens is 2. The highest BCUT2D eigenvalue weighted by Gasteiger charge is 2.45. The van der Waals surface area contributed by atoms with E-state index in [0.29, 0.717) is 22.3 Å². The Hall–Kier alpha value is -3.12. The van der Waals surface area contributed by atoms with Gasteiger partial charge in [-0.3, -0.25) is 14.5 Å². The topological polar surface area (TPSA) is 123 Å². The van der Waals surface area contributed by atoms with Crippen molar-refractivity contribution in [2.75, 3.05) is 11.5 Å². The molecule has 3 heterocycles. The predicted octanol–water partition coefficient (Wildman–Crippen LogP) is 2.56. The molecular formula is C22H24F2N4O5S. The molecule has 4 rings (SSSR count). The Morgan fingerprint density at radius 2 is 1.97 bits per heavy atom. The molecule has 0 saturated carbocycles. The smallest absolute Gasteiger partial charge is 0.387 e. The number of aromatic nitrogens is 3. The Kier molecular flexibility index (Phi) is 6.06. The molecule has 2 aromatic heterocycles. The van der Waals surface area contributed by atoms with Crippen LogP contribution in [0.15, 0.2) is 36.5 Å². The standard InChI is InChI=1S/C22H24F2N4O5S/c1-12(13(2)29)28-17-8-15(20(30)26-22(3)10-34(31,32)11-22)9-25-19(17)18(27-28)14-5-4-6-16(7-14)33-21(23)24/h4-9,12-13,21,29H,10-11H2,1-3H3,(H,26,30)/t12-,13-/m0/s1. The van der Waals surface area contributed by atoms with Crippen molar-refractivity contribution in [1.82, 2.24) is 20.1 Å². The molecule has 0 radical (unpaired) electrons. The molecule has 182 valence electrons. The fourth-order valence-corrected chi connectivity index (χ4v) is 6.02. The number of carbonyl (C=O) groups excluding carboxylic acids is 1. The summed E-state index contributed by atoms with van der Waals surface area (Å²) in [6.45, 7) is 2.01. The average molecular weight is 495 g/mol. The molecule has 0 bridgehead atoms. The number of hydrogen-bond donors (Lipinski definition) is 2. The van der Waals surface area contributed by atoms with E-state index < -0.39 is 40.0 Å². The fraction of sp³-hybridized carbons (Fsp3) is 0.409. The van der Waals surface area contributed by atoms with Crippen LogP contribution in [0.3, 0.4) is 0 Å². The van der Waals surface area contributed by atoms with Gasteiger partial charge in [0.15, 0.2) is 9.84 Å². The number of sulfone groups is 1. The van der Waals surface area contributed by atoms with Crippen molar-refractivity contribution in [3.63, 3.8) is 0 Å². The van der Waals surface area contributed by atoms with Crippen LogP contribution in [0.5, 0.6) is 5.75 Å². The molecule has 2 atom stereocenters. The maximum absolute atomic E-state index is 12.8. The first-order valence-electron chi connectivity index (χ1n) is 10.5. The lowest BCUT2D eigenvalue weighted by atomic mass is 10.1. The lowest BCUT2D eigenvalue weighted by Crippen LogP contribution is -2.63. The summed E-state index contributed by atoms with van der Waals surface area (Å²) in [6.07, 6.45) is 0.553. The SMILES string of the molecule is C[C@H](O)[C@H](C)n1nc(-c2cccc(OC(F)F)c2)c2ncc(C(=O)NC3(C)CS(=O)(=O)C3)cc21. The molecule has 3 aromatic rings. The fourth-order valence-electron chi connectivity index (χ4n) is 4.02. The normalized spacial score (nSPS) is 18.3. The minimum atomic E-state index is -3.15. The minimum Gasteiger partial charge on any atom is -0.435 e. The number of benzene rings is 1. The summed E-state index contributed by atoms with van der Waals surface area (Å²) in [5.74, 6) is -0.810. The van der Waals surface area contributed by atoms with Gasteiger partial charge in [0.05, 0.1) is 40.3 Å². The summed E-state index contributed by atoms with van der Waals surface area (Å²) in [5.41, 5.74) is 1.02. The molecular weight excluding hydrogens is 470 g/mol. The zero-order valence-corrected chi connectivity index (χ0v) is 19.5. The van der Waals surface area contributed by atoms with Crippen LogP contribution >= 0.6 is 0 Å². The summed E-state index contributed by atoms with van der Waals surface area (Å²) >= 11 is 0. The Morgan fingerprint density at radius 3 is 2.59 bits per heavy atom. The second kappa shape index (κ2) is 8.58. The quantitative estimate of drug-likeness (QED) is 0.517. The lowest BCUT2D eigenvalue weighted by Gasteiger charge is -2.38. The van der Waals surface area contributed by atoms with E-state index in [2.05, 4.69) is 20.1 Å². The number of carbonyl (C=O) groups is 1. The minimum absolute atomic E-state index is 0.0431. The van der Waals surface area contributed by atoms with Gasteiger partial charge in [-0.15, -0.1) is 0 Å². The molecule has 1 amide bonds. The largest absolute Gasteiger partial charge is 0.435 e. The van der Waals surface area contributed by atoms with Gasteiger partial charge in [0, 0.05) is 11.8 Å². The highest BCUT2D eigenvalue weighted by atomic mass is 32.2. The van der Waals surface area contributed by atoms with Crippen molar-refractivity contribution in [3.05, 3.63) is 42.1 Å². The number of ether oxygens (including phenoxy) is 1. The average Bonchev–Trinajstić information content (AvgIpc) is 3.09. The number of nitrogens with zero attached hydrogens (tertiary/aromatic N) is 3. The van der Waals surface area contributed by atoms with Crippen LogP contribution in [0, 0.1) is 0 Å². The second-order valence-corrected chi connectivity index (χ2v) is 10.9. The van der Waals surface area contributed by atoms with Gasteiger partial charge in [0.25, 0.3) is 5.91 Å². The van der Waals surface area contributed by atoms with E-state index in [1.165, 1.54) is 23.0 Å². The summed E-state index contributed by atoms with van der Waals surface area (Å²) in [5, 5.41) is 17.5. The third-order valence-electron chi connectivity index (χ3n) is 5.72. The zero-order chi connectivity index (χ0) is 24.8. The van der Waals surface area contributed by atoms with Gasteiger partial charge in [-0.25, -0.2) is 8.42 Å². The van der Waals surface area contributed by atoms with E-state index in [1.54, 1.807) is 39.0 Å². The first kappa shape index (κ1) is 24.0. The van der Waals surface area contributed by atoms with Gasteiger partial charge in [0.1, 0.15) is 17.0 Å². The van der Waals surface area contributed by atoms with Crippen LogP contribution in [0.4, 0.5) is 8.78 Å². The van der Waals surface area contributed by atoms with Crippen LogP contribution < -0.4 is 10.1 Å². The van der Waals surface area contributed by atoms with Gasteiger partial charge in [-0.2, -0.15) is 13.9 Å². The molecule has 1 saturated heterocycles. The van der Waals surface area contributed by atoms with Gasteiger partial charge in [-0.1, -0.05) is 12.1 Å². The van der Waals surface area contributed by atoms with Crippen molar-refractivity contribution in [1.29, 1.82) is 0 Å². The number of nitrogens with one attached hydrogen (secondary N) is 1. The first-order valence-corrected chi connectivity index (χ1v) is 12.3. The molecule has 0 unspecified atom stereocenters. The summed E-state index contributed by atoms with van der Waals surface area (Å²) in [7, 11) is -3.15. The van der Waals surface area contributed by atoms with E-state index in [9.17, 15) is 27.1 Å². The number of aliphatic hydroxyl groups is 1. The molecule has 1 aromatic carbocycles. The third kappa shape index (κ3) is 4.73. The number of amides is 1. The Balaban J connectivity index is 1.75. The van der Waals surface area contributed by atoms with Gasteiger partial charge in [-0.05, 0) is 39.0 Å². The number of hydrogen-bond acceptors (Lipinski definition) is 7. The highest BCUT2D eigenvalue weighted by molar-refractivity contribution is 7.93. The maximum atomic E-state index is 12.8. The molecule has 0 aliphatic carbocycles. The monoisotopic (exact) mass is 494 g/mol. The van der Waals surface area contributed by atoms with E-state index in [0.717, 1.165) is 0 Å². The molecule has 1 aliphatic heterocycles. The summed E-state index contributed by atoms with van der Waals surface area (Å²) in [6, 6.07) is 7.08. The van der Waals surface area contributed by atoms with Crippen LogP contribution in [-0.2, 0) is 9.84 Å². The lowest BCUT2D eigenvalue weighted by molar-refractivity contribution is -0.0498. The van der Waals surface area contributed by atoms with Crippen molar-refractivity contribution < 1.29 is 31.8 Å². The zero-order valence-electron chi connectivity index (χ0n) is 18.7. The Labute approximate surface area is 194 Å². The molecule has 2 N–H and O–H groups in total. The molecule has 1 fully saturated rings. The molecule has 0 spiro atoms. The highest BCUT2D eigenvalue weighted by Crippen LogP contribution is 2.32. The van der Waals surface area contributed by atoms with Crippen molar-refractivity contribution in [3.8, 4) is 17.0 Å². The van der Waals surface area contributed by atoms with E-state index in [4.69, 9.17) is 0 Å². The van der Waals surface area contributed by atoms with Crippen LogP contribution in [0.1, 0.15) is 37.2 Å². The Morgan fingerprint density at radius 1 is 1.26 bits per heavy atom. The Bertz CT molecular complexity index is 1340. The molecule has 34 heavy (non-hydrogen) atoms. The van der Waals surface area contributed by atoms with E-state index >= 15 is 0 Å². The van der Waals surface area contributed by atoms with Crippen LogP contribution in [0.2, 0.25) is 0 Å². The molecule has 12 heteroatoms. The molecule has 1 aliphatic rings. The molecule has 9 nitrogen and oxygen atoms in total. The third-order valence-corrected chi connectivity index (χ3v) is 7.87. The van der Waals surface area contributed by atoms with Gasteiger partial charge >= 0.3 is 6.61 Å². The predicted molar refractivity (Wildman–Crippen MR) is 121 cm³/mol. The van der Waals surface area contributed by atoms with Gasteiger partial charge in [0.2, 0.25) is 0 Å². The maximum Gasteiger partial charge on any atom is 0.387 e. The number of fused-ring (bicyclic) bond motifs is 1. The van der Waals surface area contributed by atoms with Crippen molar-refractivity contribution >= 4 is 26.8 Å². The second-order valence-electron chi connectivity index (χ2n) is 8.82. The number of aliphatic hydroxyl groups excluding tert-OH is 1. The first-order chi connectivity index (χ1) is 15.9. The number of alkyl halides is 2. The van der Waals surface area contributed by atoms with Crippen molar-refractivity contribution in [2.45, 2.75) is 45.1 Å².